The van der Waals surface area contributed by atoms with Crippen molar-refractivity contribution in [3.63, 3.8) is 0 Å². The van der Waals surface area contributed by atoms with Gasteiger partial charge in [-0.3, -0.25) is 9.59 Å². The average molecular weight is 745 g/mol. The Morgan fingerprint density at radius 1 is 0.872 bits per heavy atom. The van der Waals surface area contributed by atoms with Gasteiger partial charge in [-0.2, -0.15) is 0 Å². The number of nitrogens with zero attached hydrogens (tertiary/aromatic N) is 1. The zero-order chi connectivity index (χ0) is 34.5. The molecule has 1 amide bonds. The monoisotopic (exact) mass is 743 g/mol. The van der Waals surface area contributed by atoms with Crippen LogP contribution in [0.1, 0.15) is 39.3 Å². The molecule has 1 unspecified atom stereocenters. The first kappa shape index (κ1) is 48.8. The van der Waals surface area contributed by atoms with Gasteiger partial charge < -0.3 is 33.2 Å². The van der Waals surface area contributed by atoms with E-state index in [0.29, 0.717) is 24.7 Å². The molecule has 0 bridgehead atoms. The second-order valence-electron chi connectivity index (χ2n) is 8.23. The molecule has 0 saturated heterocycles. The molecule has 0 aromatic heterocycles. The summed E-state index contributed by atoms with van der Waals surface area (Å²) in [7, 11) is 4.32. The molecule has 4 rings (SSSR count). The molecule has 2 heterocycles. The number of carbonyl (C=O) groups is 5. The molecule has 2 aromatic rings. The molecule has 0 aliphatic carbocycles. The molecule has 0 spiro atoms. The number of nitrogens with two attached hydrogens (primary N) is 1. The number of aliphatic hydroxyl groups is 1. The molecule has 251 valence electrons. The zero-order valence-corrected chi connectivity index (χ0v) is 30.2. The van der Waals surface area contributed by atoms with Crippen molar-refractivity contribution in [3.8, 4) is 0 Å². The summed E-state index contributed by atoms with van der Waals surface area (Å²) in [5, 5.41) is 8.80. The molecular formula is C29H33BCl4N2NaO10. The van der Waals surface area contributed by atoms with Crippen LogP contribution in [0.2, 0.25) is 0 Å². The summed E-state index contributed by atoms with van der Waals surface area (Å²) in [6, 6.07) is 19.7. The molecule has 0 fully saturated rings. The summed E-state index contributed by atoms with van der Waals surface area (Å²) in [6.45, 7) is 5.12. The van der Waals surface area contributed by atoms with Crippen LogP contribution in [0.3, 0.4) is 0 Å². The number of hydrogen-bond donors (Lipinski definition) is 2. The molecular weight excluding hydrogens is 712 g/mol. The Balaban J connectivity index is -0.000000535. The number of benzene rings is 2. The minimum atomic E-state index is -1.37. The number of aliphatic hydroxyl groups excluding tert-OH is 1. The number of esters is 1. The quantitative estimate of drug-likeness (QED) is 0.203. The summed E-state index contributed by atoms with van der Waals surface area (Å²) in [5.74, 6) is -2.72. The molecule has 1 atom stereocenters. The number of hydrogen-bond acceptors (Lipinski definition) is 11. The van der Waals surface area contributed by atoms with E-state index < -0.39 is 30.2 Å². The summed E-state index contributed by atoms with van der Waals surface area (Å²) >= 11 is 22.0. The molecule has 3 radical (unpaired) electrons. The molecule has 2 aliphatic rings. The van der Waals surface area contributed by atoms with E-state index in [9.17, 15) is 24.0 Å². The van der Waals surface area contributed by atoms with Gasteiger partial charge in [-0.15, -0.1) is 0 Å². The van der Waals surface area contributed by atoms with Gasteiger partial charge >= 0.3 is 47.5 Å². The molecule has 0 saturated carbocycles. The smallest absolute Gasteiger partial charge is 0.793 e. The van der Waals surface area contributed by atoms with E-state index in [1.165, 1.54) is 12.5 Å². The fraction of sp³-hybridized carbons (Fsp3) is 0.276. The minimum Gasteiger partial charge on any atom is -0.793 e. The van der Waals surface area contributed by atoms with Crippen LogP contribution in [0.15, 0.2) is 80.8 Å². The topological polar surface area (TPSA) is 172 Å². The van der Waals surface area contributed by atoms with E-state index in [2.05, 4.69) is 27.2 Å². The average Bonchev–Trinajstić information content (AvgIpc) is 3.40. The Kier molecular flexibility index (Phi) is 28.4. The maximum Gasteiger partial charge on any atom is 1.00 e. The third-order valence-corrected chi connectivity index (χ3v) is 6.23. The number of ether oxygens (including phenoxy) is 1. The molecule has 12 nitrogen and oxygen atoms in total. The van der Waals surface area contributed by atoms with Crippen LogP contribution < -0.4 is 35.3 Å². The van der Waals surface area contributed by atoms with Crippen LogP contribution in [-0.2, 0) is 56.2 Å². The Bertz CT molecular complexity index is 1340. The molecule has 3 N–H and O–H groups in total. The Morgan fingerprint density at radius 3 is 1.53 bits per heavy atom. The third-order valence-electron chi connectivity index (χ3n) is 4.60. The van der Waals surface area contributed by atoms with Gasteiger partial charge in [0.2, 0.25) is 12.3 Å². The Morgan fingerprint density at radius 2 is 1.30 bits per heavy atom. The van der Waals surface area contributed by atoms with Crippen LogP contribution in [0, 0.1) is 0 Å². The first-order chi connectivity index (χ1) is 21.1. The van der Waals surface area contributed by atoms with E-state index in [4.69, 9.17) is 57.2 Å². The molecule has 47 heavy (non-hydrogen) atoms. The standard InChI is InChI=1S/C11H9Cl2NO.C7H9N.C4H2Cl2O3.C4H6O4.C2H3BO2.CH4.Na/c12-9-7-14(11(15)10(9)13)6-8-4-2-1-3-5-8;8-6-7-4-2-1-3-5-7;5-1-2(6)4(8)9-3(1)7;1-3(5)7-8-4(2)6;1-2(4)5-3;;/h1-5H,6-7H2;1-5H,6,8H2;3,7H;1-2H3;1H3;1H4;/q;;;;-1;;+1. The van der Waals surface area contributed by atoms with Gasteiger partial charge in [0, 0.05) is 33.9 Å². The van der Waals surface area contributed by atoms with Gasteiger partial charge in [0.15, 0.2) is 0 Å². The van der Waals surface area contributed by atoms with Gasteiger partial charge in [0.1, 0.15) is 15.1 Å². The zero-order valence-electron chi connectivity index (χ0n) is 25.2. The van der Waals surface area contributed by atoms with Crippen LogP contribution in [0.4, 0.5) is 0 Å². The predicted octanol–water partition coefficient (Wildman–Crippen LogP) is 1.71. The van der Waals surface area contributed by atoms with Crippen LogP contribution in [0.25, 0.3) is 0 Å². The minimum absolute atomic E-state index is 0. The largest absolute Gasteiger partial charge is 1.00 e. The normalized spacial score (nSPS) is 14.0. The first-order valence-electron chi connectivity index (χ1n) is 12.4. The number of cyclic esters (lactones) is 1. The SMILES string of the molecule is C.CC(=O)OOC(C)=O.NCc1ccccc1.O=C1C(Cl)=C(Cl)CN1Cc1ccccc1.O=C1OC(O)C(Cl)=C1Cl.[B-]OC(C)=O.[Na+]. The fourth-order valence-electron chi connectivity index (χ4n) is 2.64. The van der Waals surface area contributed by atoms with E-state index >= 15 is 0 Å². The van der Waals surface area contributed by atoms with Crippen LogP contribution in [0.5, 0.6) is 0 Å². The maximum atomic E-state index is 11.6. The molecule has 18 heteroatoms. The van der Waals surface area contributed by atoms with Crippen molar-refractivity contribution in [3.05, 3.63) is 91.9 Å². The summed E-state index contributed by atoms with van der Waals surface area (Å²) < 4.78 is 7.78. The fourth-order valence-corrected chi connectivity index (χ4v) is 3.30. The van der Waals surface area contributed by atoms with Gasteiger partial charge in [0.25, 0.3) is 5.91 Å². The number of rotatable bonds is 3. The third kappa shape index (κ3) is 21.8. The van der Waals surface area contributed by atoms with E-state index in [0.717, 1.165) is 19.4 Å². The number of halogens is 4. The predicted molar refractivity (Wildman–Crippen MR) is 174 cm³/mol. The Labute approximate surface area is 316 Å². The van der Waals surface area contributed by atoms with Crippen molar-refractivity contribution in [2.24, 2.45) is 5.73 Å². The van der Waals surface area contributed by atoms with Gasteiger partial charge in [-0.1, -0.05) is 114 Å². The Hall–Kier alpha value is -2.59. The van der Waals surface area contributed by atoms with E-state index in [1.54, 1.807) is 4.90 Å². The van der Waals surface area contributed by atoms with Crippen molar-refractivity contribution in [1.29, 1.82) is 0 Å². The second kappa shape index (κ2) is 27.4. The van der Waals surface area contributed by atoms with Crippen molar-refractivity contribution in [2.45, 2.75) is 47.6 Å². The summed E-state index contributed by atoms with van der Waals surface area (Å²) in [5.41, 5.74) is 7.61. The van der Waals surface area contributed by atoms with Crippen LogP contribution in [-0.4, -0.2) is 60.7 Å². The molecule has 2 aromatic carbocycles. The van der Waals surface area contributed by atoms with Gasteiger partial charge in [-0.05, 0) is 11.1 Å². The first-order valence-corrected chi connectivity index (χ1v) is 13.9. The summed E-state index contributed by atoms with van der Waals surface area (Å²) in [6.07, 6.45) is -1.37. The van der Waals surface area contributed by atoms with Crippen molar-refractivity contribution >= 4 is 84.2 Å². The van der Waals surface area contributed by atoms with Crippen molar-refractivity contribution in [2.75, 3.05) is 6.54 Å². The van der Waals surface area contributed by atoms with E-state index in [-0.39, 0.29) is 58.0 Å². The number of amides is 1. The van der Waals surface area contributed by atoms with Gasteiger partial charge in [0.05, 0.1) is 11.6 Å². The second-order valence-corrected chi connectivity index (χ2v) is 9.85. The maximum absolute atomic E-state index is 11.6. The van der Waals surface area contributed by atoms with Crippen molar-refractivity contribution < 1.29 is 77.8 Å². The van der Waals surface area contributed by atoms with Gasteiger partial charge in [-0.25, -0.2) is 24.2 Å². The molecule has 2 aliphatic heterocycles. The van der Waals surface area contributed by atoms with Crippen LogP contribution >= 0.6 is 46.4 Å². The summed E-state index contributed by atoms with van der Waals surface area (Å²) in [4.78, 5) is 60.3. The van der Waals surface area contributed by atoms with E-state index in [1.807, 2.05) is 60.7 Å². The van der Waals surface area contributed by atoms with Crippen molar-refractivity contribution in [1.82, 2.24) is 4.90 Å². The number of carbonyl (C=O) groups excluding carboxylic acids is 5.